The highest BCUT2D eigenvalue weighted by atomic mass is 79.9. The maximum absolute atomic E-state index is 5.40. The van der Waals surface area contributed by atoms with Crippen LogP contribution in [-0.4, -0.2) is 21.3 Å². The number of halogens is 1. The summed E-state index contributed by atoms with van der Waals surface area (Å²) in [5, 5.41) is 3.30. The Morgan fingerprint density at radius 2 is 1.80 bits per heavy atom. The highest BCUT2D eigenvalue weighted by Crippen LogP contribution is 2.38. The predicted octanol–water partition coefficient (Wildman–Crippen LogP) is 3.68. The molecule has 0 spiro atoms. The van der Waals surface area contributed by atoms with Crippen LogP contribution in [0.2, 0.25) is 0 Å². The lowest BCUT2D eigenvalue weighted by molar-refractivity contribution is 0.354. The van der Waals surface area contributed by atoms with E-state index in [2.05, 4.69) is 21.2 Å². The SMILES string of the molecule is CNC(c1cc(OC)c(OC)cc1Br)c1ccoc1C. The van der Waals surface area contributed by atoms with Gasteiger partial charge >= 0.3 is 0 Å². The van der Waals surface area contributed by atoms with Gasteiger partial charge in [0.15, 0.2) is 11.5 Å². The standard InChI is InChI=1S/C15H18BrNO3/c1-9-10(5-6-20-9)15(17-2)11-7-13(18-3)14(19-4)8-12(11)16/h5-8,15,17H,1-4H3. The lowest BCUT2D eigenvalue weighted by atomic mass is 9.99. The van der Waals surface area contributed by atoms with Gasteiger partial charge in [-0.2, -0.15) is 0 Å². The van der Waals surface area contributed by atoms with Crippen LogP contribution in [0.25, 0.3) is 0 Å². The van der Waals surface area contributed by atoms with E-state index in [-0.39, 0.29) is 6.04 Å². The summed E-state index contributed by atoms with van der Waals surface area (Å²) in [5.74, 6) is 2.29. The van der Waals surface area contributed by atoms with Gasteiger partial charge in [-0.15, -0.1) is 0 Å². The summed E-state index contributed by atoms with van der Waals surface area (Å²) in [6.07, 6.45) is 1.70. The van der Waals surface area contributed by atoms with Crippen molar-refractivity contribution in [2.24, 2.45) is 0 Å². The first-order valence-electron chi connectivity index (χ1n) is 6.25. The molecule has 2 rings (SSSR count). The summed E-state index contributed by atoms with van der Waals surface area (Å²) < 4.78 is 17.0. The van der Waals surface area contributed by atoms with Gasteiger partial charge in [0.25, 0.3) is 0 Å². The molecule has 1 atom stereocenters. The molecule has 1 N–H and O–H groups in total. The Bertz CT molecular complexity index is 595. The van der Waals surface area contributed by atoms with Crippen molar-refractivity contribution < 1.29 is 13.9 Å². The number of benzene rings is 1. The van der Waals surface area contributed by atoms with Crippen molar-refractivity contribution in [1.29, 1.82) is 0 Å². The minimum absolute atomic E-state index is 0.0166. The molecule has 0 aliphatic rings. The zero-order chi connectivity index (χ0) is 14.7. The Labute approximate surface area is 127 Å². The fourth-order valence-corrected chi connectivity index (χ4v) is 2.82. The maximum atomic E-state index is 5.40. The Morgan fingerprint density at radius 1 is 1.15 bits per heavy atom. The van der Waals surface area contributed by atoms with Gasteiger partial charge < -0.3 is 19.2 Å². The zero-order valence-corrected chi connectivity index (χ0v) is 13.6. The molecule has 4 nitrogen and oxygen atoms in total. The van der Waals surface area contributed by atoms with Crippen LogP contribution >= 0.6 is 15.9 Å². The second-order valence-electron chi connectivity index (χ2n) is 4.38. The summed E-state index contributed by atoms with van der Waals surface area (Å²) in [4.78, 5) is 0. The molecule has 5 heteroatoms. The van der Waals surface area contributed by atoms with E-state index in [9.17, 15) is 0 Å². The molecule has 0 fully saturated rings. The van der Waals surface area contributed by atoms with Crippen molar-refractivity contribution in [3.63, 3.8) is 0 Å². The number of hydrogen-bond acceptors (Lipinski definition) is 4. The largest absolute Gasteiger partial charge is 0.493 e. The molecule has 0 radical (unpaired) electrons. The maximum Gasteiger partial charge on any atom is 0.161 e. The van der Waals surface area contributed by atoms with E-state index in [1.807, 2.05) is 32.2 Å². The summed E-state index contributed by atoms with van der Waals surface area (Å²) in [6, 6.07) is 5.87. The first kappa shape index (κ1) is 14.9. The summed E-state index contributed by atoms with van der Waals surface area (Å²) in [7, 11) is 5.17. The third kappa shape index (κ3) is 2.69. The second kappa shape index (κ2) is 6.33. The van der Waals surface area contributed by atoms with Gasteiger partial charge in [0, 0.05) is 10.0 Å². The molecule has 1 heterocycles. The second-order valence-corrected chi connectivity index (χ2v) is 5.24. The normalized spacial score (nSPS) is 12.2. The third-order valence-electron chi connectivity index (χ3n) is 3.31. The van der Waals surface area contributed by atoms with E-state index >= 15 is 0 Å². The van der Waals surface area contributed by atoms with Crippen LogP contribution in [0.15, 0.2) is 33.4 Å². The number of hydrogen-bond donors (Lipinski definition) is 1. The first-order valence-corrected chi connectivity index (χ1v) is 7.04. The van der Waals surface area contributed by atoms with Crippen LogP contribution in [0.3, 0.4) is 0 Å². The molecule has 0 saturated heterocycles. The van der Waals surface area contributed by atoms with Gasteiger partial charge in [0.1, 0.15) is 5.76 Å². The lowest BCUT2D eigenvalue weighted by Gasteiger charge is -2.20. The summed E-state index contributed by atoms with van der Waals surface area (Å²) in [5.41, 5.74) is 2.16. The van der Waals surface area contributed by atoms with Crippen LogP contribution in [-0.2, 0) is 0 Å². The van der Waals surface area contributed by atoms with Crippen molar-refractivity contribution in [3.8, 4) is 11.5 Å². The lowest BCUT2D eigenvalue weighted by Crippen LogP contribution is -2.18. The highest BCUT2D eigenvalue weighted by molar-refractivity contribution is 9.10. The molecule has 0 amide bonds. The summed E-state index contributed by atoms with van der Waals surface area (Å²) in [6.45, 7) is 1.95. The van der Waals surface area contributed by atoms with Crippen molar-refractivity contribution in [3.05, 3.63) is 45.8 Å². The van der Waals surface area contributed by atoms with Gasteiger partial charge in [-0.3, -0.25) is 0 Å². The minimum atomic E-state index is 0.0166. The fraction of sp³-hybridized carbons (Fsp3) is 0.333. The topological polar surface area (TPSA) is 43.6 Å². The molecule has 0 bridgehead atoms. The molecule has 108 valence electrons. The Balaban J connectivity index is 2.52. The third-order valence-corrected chi connectivity index (χ3v) is 4.00. The molecule has 1 aromatic carbocycles. The Hall–Kier alpha value is -1.46. The van der Waals surface area contributed by atoms with E-state index in [0.717, 1.165) is 21.4 Å². The number of rotatable bonds is 5. The Kier molecular flexibility index (Phi) is 4.73. The minimum Gasteiger partial charge on any atom is -0.493 e. The smallest absolute Gasteiger partial charge is 0.161 e. The van der Waals surface area contributed by atoms with Crippen molar-refractivity contribution in [2.45, 2.75) is 13.0 Å². The molecular formula is C15H18BrNO3. The zero-order valence-electron chi connectivity index (χ0n) is 12.0. The highest BCUT2D eigenvalue weighted by Gasteiger charge is 2.21. The number of aryl methyl sites for hydroxylation is 1. The van der Waals surface area contributed by atoms with Gasteiger partial charge in [-0.25, -0.2) is 0 Å². The van der Waals surface area contributed by atoms with Gasteiger partial charge in [-0.05, 0) is 37.7 Å². The number of nitrogens with one attached hydrogen (secondary N) is 1. The molecule has 20 heavy (non-hydrogen) atoms. The van der Waals surface area contributed by atoms with E-state index in [0.29, 0.717) is 11.5 Å². The molecule has 1 aromatic heterocycles. The average Bonchev–Trinajstić information content (AvgIpc) is 2.87. The van der Waals surface area contributed by atoms with Crippen molar-refractivity contribution in [1.82, 2.24) is 5.32 Å². The van der Waals surface area contributed by atoms with Gasteiger partial charge in [-0.1, -0.05) is 15.9 Å². The fourth-order valence-electron chi connectivity index (χ4n) is 2.26. The van der Waals surface area contributed by atoms with Gasteiger partial charge in [0.05, 0.1) is 26.5 Å². The average molecular weight is 340 g/mol. The predicted molar refractivity (Wildman–Crippen MR) is 81.6 cm³/mol. The monoisotopic (exact) mass is 339 g/mol. The van der Waals surface area contributed by atoms with Crippen molar-refractivity contribution >= 4 is 15.9 Å². The molecular weight excluding hydrogens is 322 g/mol. The van der Waals surface area contributed by atoms with Gasteiger partial charge in [0.2, 0.25) is 0 Å². The Morgan fingerprint density at radius 3 is 2.30 bits per heavy atom. The van der Waals surface area contributed by atoms with Crippen molar-refractivity contribution in [2.75, 3.05) is 21.3 Å². The van der Waals surface area contributed by atoms with E-state index in [1.54, 1.807) is 20.5 Å². The quantitative estimate of drug-likeness (QED) is 0.902. The number of ether oxygens (including phenoxy) is 2. The van der Waals surface area contributed by atoms with Crippen LogP contribution in [0.5, 0.6) is 11.5 Å². The van der Waals surface area contributed by atoms with E-state index in [4.69, 9.17) is 13.9 Å². The summed E-state index contributed by atoms with van der Waals surface area (Å²) >= 11 is 3.60. The van der Waals surface area contributed by atoms with Crippen LogP contribution in [0.4, 0.5) is 0 Å². The molecule has 0 aliphatic heterocycles. The number of methoxy groups -OCH3 is 2. The van der Waals surface area contributed by atoms with Crippen LogP contribution < -0.4 is 14.8 Å². The van der Waals surface area contributed by atoms with Crippen LogP contribution in [0.1, 0.15) is 22.9 Å². The molecule has 1 unspecified atom stereocenters. The molecule has 0 aliphatic carbocycles. The van der Waals surface area contributed by atoms with E-state index in [1.165, 1.54) is 0 Å². The molecule has 2 aromatic rings. The number of furan rings is 1. The first-order chi connectivity index (χ1) is 9.62. The van der Waals surface area contributed by atoms with E-state index < -0.39 is 0 Å². The molecule has 0 saturated carbocycles. The van der Waals surface area contributed by atoms with Crippen LogP contribution in [0, 0.1) is 6.92 Å².